The van der Waals surface area contributed by atoms with Gasteiger partial charge >= 0.3 is 0 Å². The highest BCUT2D eigenvalue weighted by Crippen LogP contribution is 2.22. The number of aryl methyl sites for hydroxylation is 1. The third-order valence-corrected chi connectivity index (χ3v) is 4.86. The van der Waals surface area contributed by atoms with Crippen LogP contribution in [0.1, 0.15) is 54.8 Å². The molecule has 0 atom stereocenters. The van der Waals surface area contributed by atoms with Crippen molar-refractivity contribution in [3.63, 3.8) is 0 Å². The predicted molar refractivity (Wildman–Crippen MR) is 98.3 cm³/mol. The molecule has 0 spiro atoms. The Hall–Kier alpha value is -1.89. The van der Waals surface area contributed by atoms with Gasteiger partial charge in [-0.25, -0.2) is 4.98 Å². The number of rotatable bonds is 7. The summed E-state index contributed by atoms with van der Waals surface area (Å²) in [5, 5.41) is 10.7. The number of nitrogens with one attached hydrogen (secondary N) is 1. The highest BCUT2D eigenvalue weighted by Gasteiger charge is 2.14. The lowest BCUT2D eigenvalue weighted by Crippen LogP contribution is -2.38. The van der Waals surface area contributed by atoms with Crippen LogP contribution in [-0.2, 0) is 13.1 Å². The Morgan fingerprint density at radius 1 is 1.42 bits per heavy atom. The number of hydrogen-bond donors (Lipinski definition) is 1. The molecule has 0 fully saturated rings. The van der Waals surface area contributed by atoms with E-state index in [2.05, 4.69) is 39.7 Å². The van der Waals surface area contributed by atoms with Crippen molar-refractivity contribution in [2.45, 2.75) is 52.6 Å². The van der Waals surface area contributed by atoms with Crippen molar-refractivity contribution in [1.29, 1.82) is 0 Å². The molecule has 0 unspecified atom stereocenters. The first-order valence-corrected chi connectivity index (χ1v) is 9.23. The fraction of sp³-hybridized carbons (Fsp3) is 0.588. The topological polar surface area (TPSA) is 66.6 Å². The molecule has 2 aromatic rings. The van der Waals surface area contributed by atoms with Gasteiger partial charge in [-0.1, -0.05) is 19.0 Å². The fourth-order valence-electron chi connectivity index (χ4n) is 2.66. The summed E-state index contributed by atoms with van der Waals surface area (Å²) in [5.41, 5.74) is 2.09. The van der Waals surface area contributed by atoms with E-state index < -0.39 is 0 Å². The van der Waals surface area contributed by atoms with Gasteiger partial charge in [0.25, 0.3) is 0 Å². The van der Waals surface area contributed by atoms with Gasteiger partial charge in [-0.3, -0.25) is 4.99 Å². The standard InChI is InChI=1S/C17H27N5OS/c1-6-13(7-2)16-8-15(23-21-16)9-19-17(18-4)22(5)10-14-11-24-12(3)20-14/h8,11,13H,6-7,9-10H2,1-5H3,(H,18,19). The van der Waals surface area contributed by atoms with Crippen molar-refractivity contribution in [2.24, 2.45) is 4.99 Å². The SMILES string of the molecule is CCC(CC)c1cc(CNC(=NC)N(C)Cc2csc(C)n2)on1. The lowest BCUT2D eigenvalue weighted by molar-refractivity contribution is 0.365. The average molecular weight is 350 g/mol. The largest absolute Gasteiger partial charge is 0.359 e. The van der Waals surface area contributed by atoms with Crippen LogP contribution in [0.4, 0.5) is 0 Å². The summed E-state index contributed by atoms with van der Waals surface area (Å²) >= 11 is 1.66. The van der Waals surface area contributed by atoms with E-state index in [1.165, 1.54) is 0 Å². The summed E-state index contributed by atoms with van der Waals surface area (Å²) in [4.78, 5) is 10.9. The minimum atomic E-state index is 0.470. The Kier molecular flexibility index (Phi) is 6.78. The Labute approximate surface area is 148 Å². The Morgan fingerprint density at radius 2 is 2.17 bits per heavy atom. The van der Waals surface area contributed by atoms with Crippen LogP contribution in [0.2, 0.25) is 0 Å². The molecule has 0 aliphatic heterocycles. The van der Waals surface area contributed by atoms with Crippen LogP contribution in [0.15, 0.2) is 21.0 Å². The van der Waals surface area contributed by atoms with E-state index in [0.29, 0.717) is 12.5 Å². The molecule has 0 bridgehead atoms. The zero-order valence-electron chi connectivity index (χ0n) is 15.2. The molecule has 0 aromatic carbocycles. The predicted octanol–water partition coefficient (Wildman–Crippen LogP) is 3.55. The summed E-state index contributed by atoms with van der Waals surface area (Å²) in [5.74, 6) is 2.11. The van der Waals surface area contributed by atoms with Crippen molar-refractivity contribution in [2.75, 3.05) is 14.1 Å². The number of thiazole rings is 1. The van der Waals surface area contributed by atoms with Crippen molar-refractivity contribution >= 4 is 17.3 Å². The van der Waals surface area contributed by atoms with Crippen molar-refractivity contribution in [1.82, 2.24) is 20.4 Å². The smallest absolute Gasteiger partial charge is 0.194 e. The molecule has 2 heterocycles. The summed E-state index contributed by atoms with van der Waals surface area (Å²) in [6.45, 7) is 7.66. The normalized spacial score (nSPS) is 12.0. The van der Waals surface area contributed by atoms with Crippen LogP contribution >= 0.6 is 11.3 Å². The number of guanidine groups is 1. The molecule has 2 rings (SSSR count). The minimum absolute atomic E-state index is 0.470. The van der Waals surface area contributed by atoms with E-state index in [1.54, 1.807) is 18.4 Å². The zero-order chi connectivity index (χ0) is 17.5. The van der Waals surface area contributed by atoms with Crippen LogP contribution in [0.5, 0.6) is 0 Å². The van der Waals surface area contributed by atoms with Crippen molar-refractivity contribution < 1.29 is 4.52 Å². The second kappa shape index (κ2) is 8.82. The average Bonchev–Trinajstić information content (AvgIpc) is 3.19. The summed E-state index contributed by atoms with van der Waals surface area (Å²) in [6, 6.07) is 2.04. The molecule has 0 aliphatic rings. The van der Waals surface area contributed by atoms with Gasteiger partial charge < -0.3 is 14.7 Å². The summed E-state index contributed by atoms with van der Waals surface area (Å²) < 4.78 is 5.45. The first-order chi connectivity index (χ1) is 11.6. The lowest BCUT2D eigenvalue weighted by atomic mass is 9.99. The molecule has 24 heavy (non-hydrogen) atoms. The first-order valence-electron chi connectivity index (χ1n) is 8.35. The van der Waals surface area contributed by atoms with Crippen LogP contribution < -0.4 is 5.32 Å². The zero-order valence-corrected chi connectivity index (χ0v) is 16.0. The van der Waals surface area contributed by atoms with Crippen LogP contribution in [-0.4, -0.2) is 35.1 Å². The second-order valence-corrected chi connectivity index (χ2v) is 6.91. The molecule has 0 saturated heterocycles. The number of hydrogen-bond acceptors (Lipinski definition) is 5. The molecule has 7 heteroatoms. The molecule has 0 saturated carbocycles. The maximum atomic E-state index is 5.45. The molecule has 2 aromatic heterocycles. The van der Waals surface area contributed by atoms with E-state index in [0.717, 1.165) is 47.5 Å². The van der Waals surface area contributed by atoms with Crippen LogP contribution in [0.25, 0.3) is 0 Å². The third-order valence-electron chi connectivity index (χ3n) is 4.04. The summed E-state index contributed by atoms with van der Waals surface area (Å²) in [7, 11) is 3.78. The van der Waals surface area contributed by atoms with Crippen molar-refractivity contribution in [3.05, 3.63) is 33.6 Å². The fourth-order valence-corrected chi connectivity index (χ4v) is 3.27. The third kappa shape index (κ3) is 4.80. The molecule has 0 radical (unpaired) electrons. The molecule has 6 nitrogen and oxygen atoms in total. The maximum Gasteiger partial charge on any atom is 0.194 e. The van der Waals surface area contributed by atoms with Gasteiger partial charge in [-0.15, -0.1) is 11.3 Å². The van der Waals surface area contributed by atoms with Crippen molar-refractivity contribution in [3.8, 4) is 0 Å². The van der Waals surface area contributed by atoms with Gasteiger partial charge in [0.1, 0.15) is 0 Å². The van der Waals surface area contributed by atoms with Gasteiger partial charge in [0, 0.05) is 31.5 Å². The van der Waals surface area contributed by atoms with Gasteiger partial charge in [0.05, 0.1) is 29.5 Å². The second-order valence-electron chi connectivity index (χ2n) is 5.85. The van der Waals surface area contributed by atoms with E-state index in [4.69, 9.17) is 4.52 Å². The Balaban J connectivity index is 1.91. The van der Waals surface area contributed by atoms with E-state index >= 15 is 0 Å². The monoisotopic (exact) mass is 349 g/mol. The van der Waals surface area contributed by atoms with E-state index in [9.17, 15) is 0 Å². The molecular weight excluding hydrogens is 322 g/mol. The van der Waals surface area contributed by atoms with E-state index in [-0.39, 0.29) is 0 Å². The van der Waals surface area contributed by atoms with Gasteiger partial charge in [-0.05, 0) is 19.8 Å². The first kappa shape index (κ1) is 18.4. The van der Waals surface area contributed by atoms with E-state index in [1.807, 2.05) is 24.9 Å². The van der Waals surface area contributed by atoms with Gasteiger partial charge in [0.15, 0.2) is 11.7 Å². The Bertz CT molecular complexity index is 659. The molecule has 0 aliphatic carbocycles. The van der Waals surface area contributed by atoms with Crippen LogP contribution in [0.3, 0.4) is 0 Å². The molecular formula is C17H27N5OS. The quantitative estimate of drug-likeness (QED) is 0.611. The molecule has 132 valence electrons. The summed E-state index contributed by atoms with van der Waals surface area (Å²) in [6.07, 6.45) is 2.15. The highest BCUT2D eigenvalue weighted by atomic mass is 32.1. The molecule has 0 amide bonds. The Morgan fingerprint density at radius 3 is 2.75 bits per heavy atom. The number of aromatic nitrogens is 2. The number of aliphatic imine (C=N–C) groups is 1. The molecule has 1 N–H and O–H groups in total. The lowest BCUT2D eigenvalue weighted by Gasteiger charge is -2.20. The highest BCUT2D eigenvalue weighted by molar-refractivity contribution is 7.09. The van der Waals surface area contributed by atoms with Gasteiger partial charge in [0.2, 0.25) is 0 Å². The number of nitrogens with zero attached hydrogens (tertiary/aromatic N) is 4. The maximum absolute atomic E-state index is 5.45. The minimum Gasteiger partial charge on any atom is -0.359 e. The van der Waals surface area contributed by atoms with Gasteiger partial charge in [-0.2, -0.15) is 0 Å². The van der Waals surface area contributed by atoms with Crippen LogP contribution in [0, 0.1) is 6.92 Å².